The van der Waals surface area contributed by atoms with Gasteiger partial charge in [-0.15, -0.1) is 0 Å². The molecule has 7 heteroatoms. The van der Waals surface area contributed by atoms with Gasteiger partial charge in [-0.25, -0.2) is 0 Å². The van der Waals surface area contributed by atoms with Crippen molar-refractivity contribution in [2.75, 3.05) is 30.2 Å². The van der Waals surface area contributed by atoms with Crippen molar-refractivity contribution in [1.29, 1.82) is 0 Å². The van der Waals surface area contributed by atoms with Crippen molar-refractivity contribution in [3.8, 4) is 17.2 Å². The average Bonchev–Trinajstić information content (AvgIpc) is 3.09. The van der Waals surface area contributed by atoms with Crippen LogP contribution in [0.5, 0.6) is 17.2 Å². The number of hydrogen-bond donors (Lipinski definition) is 1. The van der Waals surface area contributed by atoms with Gasteiger partial charge < -0.3 is 24.4 Å². The Bertz CT molecular complexity index is 821. The molecule has 0 saturated carbocycles. The molecule has 0 saturated heterocycles. The van der Waals surface area contributed by atoms with Crippen LogP contribution in [0.15, 0.2) is 42.5 Å². The van der Waals surface area contributed by atoms with Crippen molar-refractivity contribution in [1.82, 2.24) is 0 Å². The van der Waals surface area contributed by atoms with Crippen LogP contribution in [0.1, 0.15) is 13.8 Å². The molecule has 136 valence electrons. The number of benzene rings is 2. The average molecular weight is 356 g/mol. The summed E-state index contributed by atoms with van der Waals surface area (Å²) in [5, 5.41) is 2.79. The number of rotatable bonds is 6. The van der Waals surface area contributed by atoms with Gasteiger partial charge in [0.1, 0.15) is 12.3 Å². The largest absolute Gasteiger partial charge is 0.492 e. The minimum Gasteiger partial charge on any atom is -0.492 e. The number of amides is 2. The number of ether oxygens (including phenoxy) is 3. The molecule has 1 aliphatic rings. The minimum atomic E-state index is -0.329. The van der Waals surface area contributed by atoms with Crippen molar-refractivity contribution in [3.05, 3.63) is 42.5 Å². The molecule has 0 radical (unpaired) electrons. The Morgan fingerprint density at radius 1 is 1.15 bits per heavy atom. The monoisotopic (exact) mass is 356 g/mol. The molecule has 3 rings (SSSR count). The lowest BCUT2D eigenvalue weighted by molar-refractivity contribution is -0.120. The molecule has 2 aromatic rings. The van der Waals surface area contributed by atoms with Gasteiger partial charge in [0.15, 0.2) is 11.5 Å². The molecular weight excluding hydrogens is 336 g/mol. The van der Waals surface area contributed by atoms with Crippen molar-refractivity contribution in [3.63, 3.8) is 0 Å². The van der Waals surface area contributed by atoms with Gasteiger partial charge in [0.2, 0.25) is 18.6 Å². The molecule has 2 aromatic carbocycles. The third-order valence-corrected chi connectivity index (χ3v) is 3.81. The van der Waals surface area contributed by atoms with Crippen LogP contribution in [0, 0.1) is 0 Å². The highest BCUT2D eigenvalue weighted by molar-refractivity contribution is 6.02. The topological polar surface area (TPSA) is 77.1 Å². The summed E-state index contributed by atoms with van der Waals surface area (Å²) in [6.45, 7) is 3.79. The number of carbonyl (C=O) groups is 2. The maximum atomic E-state index is 12.5. The van der Waals surface area contributed by atoms with Gasteiger partial charge >= 0.3 is 0 Å². The predicted molar refractivity (Wildman–Crippen MR) is 96.8 cm³/mol. The second-order valence-electron chi connectivity index (χ2n) is 5.62. The van der Waals surface area contributed by atoms with Crippen LogP contribution in [0.3, 0.4) is 0 Å². The molecule has 1 N–H and O–H groups in total. The molecule has 0 spiro atoms. The summed E-state index contributed by atoms with van der Waals surface area (Å²) in [5.74, 6) is 1.17. The summed E-state index contributed by atoms with van der Waals surface area (Å²) in [7, 11) is 0. The van der Waals surface area contributed by atoms with Crippen LogP contribution in [0.2, 0.25) is 0 Å². The van der Waals surface area contributed by atoms with Crippen LogP contribution in [-0.2, 0) is 9.59 Å². The Balaban J connectivity index is 1.74. The first kappa shape index (κ1) is 17.6. The molecule has 0 aliphatic carbocycles. The van der Waals surface area contributed by atoms with Crippen molar-refractivity contribution < 1.29 is 23.8 Å². The fourth-order valence-electron chi connectivity index (χ4n) is 2.62. The number of nitrogens with one attached hydrogen (secondary N) is 1. The van der Waals surface area contributed by atoms with Crippen LogP contribution in [-0.4, -0.2) is 31.8 Å². The van der Waals surface area contributed by atoms with Crippen molar-refractivity contribution >= 4 is 23.2 Å². The summed E-state index contributed by atoms with van der Waals surface area (Å²) in [4.78, 5) is 25.9. The first-order valence-electron chi connectivity index (χ1n) is 8.28. The zero-order chi connectivity index (χ0) is 18.5. The van der Waals surface area contributed by atoms with E-state index in [0.29, 0.717) is 35.2 Å². The van der Waals surface area contributed by atoms with E-state index in [0.717, 1.165) is 0 Å². The Hall–Kier alpha value is -3.22. The lowest BCUT2D eigenvalue weighted by Crippen LogP contribution is -2.36. The molecule has 2 amide bonds. The zero-order valence-electron chi connectivity index (χ0n) is 14.7. The normalized spacial score (nSPS) is 11.8. The molecule has 26 heavy (non-hydrogen) atoms. The van der Waals surface area contributed by atoms with E-state index >= 15 is 0 Å². The fourth-order valence-corrected chi connectivity index (χ4v) is 2.62. The maximum Gasteiger partial charge on any atom is 0.244 e. The van der Waals surface area contributed by atoms with Crippen LogP contribution < -0.4 is 24.4 Å². The molecule has 1 aliphatic heterocycles. The van der Waals surface area contributed by atoms with E-state index in [4.69, 9.17) is 14.2 Å². The molecule has 7 nitrogen and oxygen atoms in total. The molecular formula is C19H20N2O5. The van der Waals surface area contributed by atoms with Crippen LogP contribution in [0.25, 0.3) is 0 Å². The summed E-state index contributed by atoms with van der Waals surface area (Å²) in [6.07, 6.45) is 0. The zero-order valence-corrected chi connectivity index (χ0v) is 14.7. The maximum absolute atomic E-state index is 12.5. The first-order valence-corrected chi connectivity index (χ1v) is 8.28. The number of fused-ring (bicyclic) bond motifs is 1. The van der Waals surface area contributed by atoms with E-state index in [2.05, 4.69) is 5.32 Å². The highest BCUT2D eigenvalue weighted by atomic mass is 16.7. The molecule has 1 heterocycles. The van der Waals surface area contributed by atoms with Crippen LogP contribution >= 0.6 is 0 Å². The molecule has 0 bridgehead atoms. The van der Waals surface area contributed by atoms with E-state index in [9.17, 15) is 9.59 Å². The van der Waals surface area contributed by atoms with E-state index < -0.39 is 0 Å². The van der Waals surface area contributed by atoms with Crippen molar-refractivity contribution in [2.45, 2.75) is 13.8 Å². The molecule has 0 unspecified atom stereocenters. The third kappa shape index (κ3) is 3.88. The second kappa shape index (κ2) is 7.77. The predicted octanol–water partition coefficient (Wildman–Crippen LogP) is 2.81. The smallest absolute Gasteiger partial charge is 0.244 e. The van der Waals surface area contributed by atoms with Gasteiger partial charge in [-0.2, -0.15) is 0 Å². The van der Waals surface area contributed by atoms with Gasteiger partial charge in [-0.05, 0) is 31.2 Å². The standard InChI is InChI=1S/C19H20N2O5/c1-3-24-16-7-5-4-6-15(16)20-19(23)11-21(13(2)22)14-8-9-17-18(10-14)26-12-25-17/h4-10H,3,11-12H2,1-2H3,(H,20,23). The lowest BCUT2D eigenvalue weighted by atomic mass is 10.2. The summed E-state index contributed by atoms with van der Waals surface area (Å²) >= 11 is 0. The summed E-state index contributed by atoms with van der Waals surface area (Å²) in [6, 6.07) is 12.3. The Morgan fingerprint density at radius 2 is 1.92 bits per heavy atom. The summed E-state index contributed by atoms with van der Waals surface area (Å²) < 4.78 is 16.1. The number of para-hydroxylation sites is 2. The fraction of sp³-hybridized carbons (Fsp3) is 0.263. The van der Waals surface area contributed by atoms with Gasteiger partial charge in [-0.3, -0.25) is 9.59 Å². The number of hydrogen-bond acceptors (Lipinski definition) is 5. The lowest BCUT2D eigenvalue weighted by Gasteiger charge is -2.21. The van der Waals surface area contributed by atoms with Gasteiger partial charge in [-0.1, -0.05) is 12.1 Å². The number of carbonyl (C=O) groups excluding carboxylic acids is 2. The van der Waals surface area contributed by atoms with Gasteiger partial charge in [0.25, 0.3) is 0 Å². The third-order valence-electron chi connectivity index (χ3n) is 3.81. The highest BCUT2D eigenvalue weighted by Crippen LogP contribution is 2.35. The Morgan fingerprint density at radius 3 is 2.69 bits per heavy atom. The second-order valence-corrected chi connectivity index (χ2v) is 5.62. The Labute approximate surface area is 151 Å². The van der Waals surface area contributed by atoms with E-state index in [1.807, 2.05) is 13.0 Å². The van der Waals surface area contributed by atoms with Crippen molar-refractivity contribution in [2.24, 2.45) is 0 Å². The highest BCUT2D eigenvalue weighted by Gasteiger charge is 2.20. The first-order chi connectivity index (χ1) is 12.6. The SMILES string of the molecule is CCOc1ccccc1NC(=O)CN(C(C)=O)c1ccc2c(c1)OCO2. The van der Waals surface area contributed by atoms with Gasteiger partial charge in [0.05, 0.1) is 12.3 Å². The summed E-state index contributed by atoms with van der Waals surface area (Å²) in [5.41, 5.74) is 1.13. The molecule has 0 aromatic heterocycles. The van der Waals surface area contributed by atoms with E-state index in [-0.39, 0.29) is 25.2 Å². The van der Waals surface area contributed by atoms with E-state index in [1.54, 1.807) is 36.4 Å². The molecule has 0 fully saturated rings. The Kier molecular flexibility index (Phi) is 5.26. The molecule has 0 atom stereocenters. The van der Waals surface area contributed by atoms with Gasteiger partial charge in [0, 0.05) is 18.7 Å². The minimum absolute atomic E-state index is 0.130. The van der Waals surface area contributed by atoms with Crippen LogP contribution in [0.4, 0.5) is 11.4 Å². The van der Waals surface area contributed by atoms with E-state index in [1.165, 1.54) is 11.8 Å². The quantitative estimate of drug-likeness (QED) is 0.861. The number of nitrogens with zero attached hydrogens (tertiary/aromatic N) is 1. The number of anilines is 2.